The quantitative estimate of drug-likeness (QED) is 0.836. The Kier molecular flexibility index (Phi) is 4.30. The van der Waals surface area contributed by atoms with E-state index in [1.54, 1.807) is 18.5 Å². The van der Waals surface area contributed by atoms with Gasteiger partial charge in [0.2, 0.25) is 5.76 Å². The Labute approximate surface area is 111 Å². The molecule has 0 aliphatic rings. The molecular weight excluding hydrogens is 244 g/mol. The zero-order chi connectivity index (χ0) is 13.7. The van der Waals surface area contributed by atoms with Crippen LogP contribution in [0.15, 0.2) is 41.3 Å². The Morgan fingerprint density at radius 3 is 2.84 bits per heavy atom. The Balaban J connectivity index is 2.00. The van der Waals surface area contributed by atoms with Gasteiger partial charge in [0.15, 0.2) is 0 Å². The monoisotopic (exact) mass is 260 g/mol. The molecule has 0 fully saturated rings. The second-order valence-corrected chi connectivity index (χ2v) is 4.15. The molecule has 2 aromatic heterocycles. The molecule has 1 N–H and O–H groups in total. The van der Waals surface area contributed by atoms with Crippen LogP contribution in [0.4, 0.5) is 0 Å². The number of rotatable bonds is 5. The number of nitrogens with one attached hydrogen (secondary N) is 1. The Bertz CT molecular complexity index is 537. The van der Waals surface area contributed by atoms with Gasteiger partial charge in [-0.05, 0) is 30.7 Å². The lowest BCUT2D eigenvalue weighted by atomic mass is 10.1. The van der Waals surface area contributed by atoms with E-state index in [1.165, 1.54) is 13.4 Å². The largest absolute Gasteiger partial charge is 0.463 e. The number of furan rings is 1. The van der Waals surface area contributed by atoms with Crippen LogP contribution in [0.25, 0.3) is 0 Å². The average Bonchev–Trinajstić information content (AvgIpc) is 2.93. The SMILES string of the molecule is COC(=O)c1occc1CN[C@H](C)c1ccncc1. The Morgan fingerprint density at radius 2 is 2.16 bits per heavy atom. The molecule has 2 heterocycles. The highest BCUT2D eigenvalue weighted by atomic mass is 16.5. The van der Waals surface area contributed by atoms with E-state index in [9.17, 15) is 4.79 Å². The maximum atomic E-state index is 11.5. The van der Waals surface area contributed by atoms with Gasteiger partial charge in [-0.15, -0.1) is 0 Å². The number of esters is 1. The number of carbonyl (C=O) groups excluding carboxylic acids is 1. The van der Waals surface area contributed by atoms with Crippen molar-refractivity contribution in [3.63, 3.8) is 0 Å². The molecule has 0 aromatic carbocycles. The smallest absolute Gasteiger partial charge is 0.374 e. The van der Waals surface area contributed by atoms with Gasteiger partial charge in [-0.2, -0.15) is 0 Å². The summed E-state index contributed by atoms with van der Waals surface area (Å²) in [5.41, 5.74) is 1.92. The molecule has 0 radical (unpaired) electrons. The highest BCUT2D eigenvalue weighted by Crippen LogP contribution is 2.15. The zero-order valence-corrected chi connectivity index (χ0v) is 10.9. The van der Waals surface area contributed by atoms with Crippen molar-refractivity contribution >= 4 is 5.97 Å². The summed E-state index contributed by atoms with van der Waals surface area (Å²) in [6, 6.07) is 5.82. The molecule has 0 amide bonds. The van der Waals surface area contributed by atoms with Crippen molar-refractivity contribution in [2.45, 2.75) is 19.5 Å². The topological polar surface area (TPSA) is 64.4 Å². The second-order valence-electron chi connectivity index (χ2n) is 4.15. The molecule has 0 aliphatic heterocycles. The molecule has 5 nitrogen and oxygen atoms in total. The van der Waals surface area contributed by atoms with Gasteiger partial charge < -0.3 is 14.5 Å². The van der Waals surface area contributed by atoms with E-state index in [0.29, 0.717) is 6.54 Å². The molecule has 2 aromatic rings. The van der Waals surface area contributed by atoms with Crippen LogP contribution in [-0.2, 0) is 11.3 Å². The van der Waals surface area contributed by atoms with Crippen LogP contribution in [0.2, 0.25) is 0 Å². The summed E-state index contributed by atoms with van der Waals surface area (Å²) >= 11 is 0. The zero-order valence-electron chi connectivity index (χ0n) is 10.9. The summed E-state index contributed by atoms with van der Waals surface area (Å²) < 4.78 is 9.79. The fraction of sp³-hybridized carbons (Fsp3) is 0.286. The first-order chi connectivity index (χ1) is 9.22. The van der Waals surface area contributed by atoms with Crippen molar-refractivity contribution in [3.05, 3.63) is 53.7 Å². The number of pyridine rings is 1. The minimum absolute atomic E-state index is 0.156. The first-order valence-electron chi connectivity index (χ1n) is 6.00. The van der Waals surface area contributed by atoms with E-state index in [-0.39, 0.29) is 11.8 Å². The van der Waals surface area contributed by atoms with Crippen molar-refractivity contribution in [2.24, 2.45) is 0 Å². The molecule has 0 bridgehead atoms. The van der Waals surface area contributed by atoms with E-state index in [4.69, 9.17) is 4.42 Å². The highest BCUT2D eigenvalue weighted by Gasteiger charge is 2.16. The van der Waals surface area contributed by atoms with Crippen molar-refractivity contribution in [2.75, 3.05) is 7.11 Å². The molecule has 19 heavy (non-hydrogen) atoms. The van der Waals surface area contributed by atoms with Crippen LogP contribution in [0.5, 0.6) is 0 Å². The fourth-order valence-corrected chi connectivity index (χ4v) is 1.78. The van der Waals surface area contributed by atoms with Crippen LogP contribution in [0.1, 0.15) is 34.6 Å². The number of hydrogen-bond donors (Lipinski definition) is 1. The van der Waals surface area contributed by atoms with Crippen molar-refractivity contribution < 1.29 is 13.9 Å². The van der Waals surface area contributed by atoms with Gasteiger partial charge in [0.1, 0.15) is 0 Å². The predicted octanol–water partition coefficient (Wildman–Crippen LogP) is 2.31. The molecule has 0 spiro atoms. The van der Waals surface area contributed by atoms with Crippen LogP contribution < -0.4 is 5.32 Å². The van der Waals surface area contributed by atoms with Gasteiger partial charge in [0.05, 0.1) is 13.4 Å². The predicted molar refractivity (Wildman–Crippen MR) is 69.5 cm³/mol. The number of methoxy groups -OCH3 is 1. The molecule has 0 saturated heterocycles. The maximum absolute atomic E-state index is 11.5. The van der Waals surface area contributed by atoms with Crippen LogP contribution in [0.3, 0.4) is 0 Å². The number of ether oxygens (including phenoxy) is 1. The van der Waals surface area contributed by atoms with Crippen LogP contribution in [-0.4, -0.2) is 18.1 Å². The summed E-state index contributed by atoms with van der Waals surface area (Å²) in [7, 11) is 1.33. The molecule has 0 saturated carbocycles. The van der Waals surface area contributed by atoms with Crippen molar-refractivity contribution in [1.29, 1.82) is 0 Å². The first kappa shape index (κ1) is 13.3. The molecule has 0 unspecified atom stereocenters. The van der Waals surface area contributed by atoms with Gasteiger partial charge in [0, 0.05) is 30.5 Å². The van der Waals surface area contributed by atoms with Gasteiger partial charge in [-0.3, -0.25) is 4.98 Å². The number of carbonyl (C=O) groups is 1. The first-order valence-corrected chi connectivity index (χ1v) is 6.00. The van der Waals surface area contributed by atoms with Gasteiger partial charge >= 0.3 is 5.97 Å². The second kappa shape index (κ2) is 6.15. The third-order valence-electron chi connectivity index (χ3n) is 2.92. The lowest BCUT2D eigenvalue weighted by Gasteiger charge is -2.13. The number of hydrogen-bond acceptors (Lipinski definition) is 5. The van der Waals surface area contributed by atoms with E-state index in [0.717, 1.165) is 11.1 Å². The summed E-state index contributed by atoms with van der Waals surface area (Å²) in [5.74, 6) is -0.213. The molecule has 100 valence electrons. The maximum Gasteiger partial charge on any atom is 0.374 e. The van der Waals surface area contributed by atoms with Crippen LogP contribution >= 0.6 is 0 Å². The third-order valence-corrected chi connectivity index (χ3v) is 2.92. The van der Waals surface area contributed by atoms with Crippen LogP contribution in [0, 0.1) is 0 Å². The summed E-state index contributed by atoms with van der Waals surface area (Å²) in [6.45, 7) is 2.58. The number of nitrogens with zero attached hydrogens (tertiary/aromatic N) is 1. The minimum atomic E-state index is -0.460. The minimum Gasteiger partial charge on any atom is -0.463 e. The third kappa shape index (κ3) is 3.20. The van der Waals surface area contributed by atoms with E-state index < -0.39 is 5.97 Å². The van der Waals surface area contributed by atoms with E-state index in [1.807, 2.05) is 19.1 Å². The normalized spacial score (nSPS) is 12.1. The molecule has 5 heteroatoms. The number of aromatic nitrogens is 1. The Hall–Kier alpha value is -2.14. The summed E-state index contributed by atoms with van der Waals surface area (Å²) in [4.78, 5) is 15.4. The summed E-state index contributed by atoms with van der Waals surface area (Å²) in [6.07, 6.45) is 5.00. The molecule has 1 atom stereocenters. The lowest BCUT2D eigenvalue weighted by Crippen LogP contribution is -2.19. The van der Waals surface area contributed by atoms with Gasteiger partial charge in [-0.25, -0.2) is 4.79 Å². The van der Waals surface area contributed by atoms with Crippen molar-refractivity contribution in [1.82, 2.24) is 10.3 Å². The molecule has 0 aliphatic carbocycles. The van der Waals surface area contributed by atoms with Gasteiger partial charge in [-0.1, -0.05) is 0 Å². The Morgan fingerprint density at radius 1 is 1.42 bits per heavy atom. The van der Waals surface area contributed by atoms with E-state index >= 15 is 0 Å². The molecular formula is C14H16N2O3. The average molecular weight is 260 g/mol. The molecule has 2 rings (SSSR count). The van der Waals surface area contributed by atoms with Gasteiger partial charge in [0.25, 0.3) is 0 Å². The fourth-order valence-electron chi connectivity index (χ4n) is 1.78. The lowest BCUT2D eigenvalue weighted by molar-refractivity contribution is 0.0563. The van der Waals surface area contributed by atoms with E-state index in [2.05, 4.69) is 15.0 Å². The standard InChI is InChI=1S/C14H16N2O3/c1-10(11-3-6-15-7-4-11)16-9-12-5-8-19-13(12)14(17)18-2/h3-8,10,16H,9H2,1-2H3/t10-/m1/s1. The van der Waals surface area contributed by atoms with Crippen molar-refractivity contribution in [3.8, 4) is 0 Å². The summed E-state index contributed by atoms with van der Waals surface area (Å²) in [5, 5.41) is 3.33. The highest BCUT2D eigenvalue weighted by molar-refractivity contribution is 5.87.